The summed E-state index contributed by atoms with van der Waals surface area (Å²) in [5, 5.41) is 4.47. The second-order valence-corrected chi connectivity index (χ2v) is 10.8. The molecule has 0 spiro atoms. The van der Waals surface area contributed by atoms with Crippen LogP contribution < -0.4 is 0 Å². The van der Waals surface area contributed by atoms with E-state index in [0.29, 0.717) is 63.7 Å². The largest absolute Gasteiger partial charge is 0.379 e. The molecular formula is C23H29N5O5S. The highest BCUT2D eigenvalue weighted by molar-refractivity contribution is 7.89. The molecule has 1 aromatic heterocycles. The molecule has 0 saturated carbocycles. The molecule has 11 heteroatoms. The molecule has 4 heterocycles. The minimum atomic E-state index is -3.60. The number of sulfonamides is 1. The zero-order valence-corrected chi connectivity index (χ0v) is 19.9. The van der Waals surface area contributed by atoms with Crippen LogP contribution in [0.25, 0.3) is 0 Å². The SMILES string of the molecule is O=C(c1ccc(S(=O)(=O)N2CCOCC2)cc1)N1CCN(C(=O)c2cc3n(n2)CCCC3)CC1. The third kappa shape index (κ3) is 4.47. The molecule has 0 bridgehead atoms. The fourth-order valence-electron chi connectivity index (χ4n) is 4.69. The number of nitrogens with zero attached hydrogens (tertiary/aromatic N) is 5. The lowest BCUT2D eigenvalue weighted by Gasteiger charge is -2.34. The smallest absolute Gasteiger partial charge is 0.274 e. The van der Waals surface area contributed by atoms with Crippen LogP contribution in [0.2, 0.25) is 0 Å². The summed E-state index contributed by atoms with van der Waals surface area (Å²) < 4.78 is 34.1. The molecule has 0 radical (unpaired) electrons. The van der Waals surface area contributed by atoms with Crippen molar-refractivity contribution in [3.63, 3.8) is 0 Å². The maximum Gasteiger partial charge on any atom is 0.274 e. The molecule has 10 nitrogen and oxygen atoms in total. The van der Waals surface area contributed by atoms with Gasteiger partial charge < -0.3 is 14.5 Å². The van der Waals surface area contributed by atoms with Gasteiger partial charge in [-0.3, -0.25) is 14.3 Å². The molecule has 1 aromatic carbocycles. The van der Waals surface area contributed by atoms with E-state index < -0.39 is 10.0 Å². The lowest BCUT2D eigenvalue weighted by molar-refractivity contribution is 0.0531. The van der Waals surface area contributed by atoms with Crippen molar-refractivity contribution in [2.24, 2.45) is 0 Å². The summed E-state index contributed by atoms with van der Waals surface area (Å²) in [5.74, 6) is -0.258. The maximum absolute atomic E-state index is 13.0. The first-order valence-corrected chi connectivity index (χ1v) is 13.2. The number of rotatable bonds is 4. The van der Waals surface area contributed by atoms with E-state index in [2.05, 4.69) is 5.10 Å². The quantitative estimate of drug-likeness (QED) is 0.633. The Bertz CT molecular complexity index is 1140. The van der Waals surface area contributed by atoms with Gasteiger partial charge in [-0.05, 0) is 49.6 Å². The first kappa shape index (κ1) is 23.0. The highest BCUT2D eigenvalue weighted by Gasteiger charge is 2.29. The Morgan fingerprint density at radius 3 is 2.12 bits per heavy atom. The van der Waals surface area contributed by atoms with E-state index in [1.165, 1.54) is 16.4 Å². The number of hydrogen-bond acceptors (Lipinski definition) is 6. The second-order valence-electron chi connectivity index (χ2n) is 8.83. The number of morpholine rings is 1. The summed E-state index contributed by atoms with van der Waals surface area (Å²) in [5.41, 5.74) is 2.03. The fraction of sp³-hybridized carbons (Fsp3) is 0.522. The van der Waals surface area contributed by atoms with Crippen molar-refractivity contribution >= 4 is 21.8 Å². The van der Waals surface area contributed by atoms with Crippen molar-refractivity contribution in [2.45, 2.75) is 30.7 Å². The number of carbonyl (C=O) groups is 2. The molecule has 0 N–H and O–H groups in total. The minimum absolute atomic E-state index is 0.0910. The number of amides is 2. The van der Waals surface area contributed by atoms with Gasteiger partial charge in [-0.25, -0.2) is 8.42 Å². The van der Waals surface area contributed by atoms with E-state index in [-0.39, 0.29) is 16.7 Å². The average molecular weight is 488 g/mol. The zero-order chi connectivity index (χ0) is 23.7. The van der Waals surface area contributed by atoms with E-state index in [4.69, 9.17) is 4.74 Å². The number of carbonyl (C=O) groups excluding carboxylic acids is 2. The first-order chi connectivity index (χ1) is 16.4. The number of hydrogen-bond donors (Lipinski definition) is 0. The molecule has 34 heavy (non-hydrogen) atoms. The predicted octanol–water partition coefficient (Wildman–Crippen LogP) is 0.838. The molecular weight excluding hydrogens is 458 g/mol. The van der Waals surface area contributed by atoms with E-state index in [0.717, 1.165) is 31.5 Å². The van der Waals surface area contributed by atoms with Crippen molar-refractivity contribution in [3.05, 3.63) is 47.3 Å². The van der Waals surface area contributed by atoms with Gasteiger partial charge in [0.1, 0.15) is 0 Å². The van der Waals surface area contributed by atoms with Crippen molar-refractivity contribution in [1.82, 2.24) is 23.9 Å². The first-order valence-electron chi connectivity index (χ1n) is 11.8. The summed E-state index contributed by atoms with van der Waals surface area (Å²) in [7, 11) is -3.60. The maximum atomic E-state index is 13.0. The van der Waals surface area contributed by atoms with Crippen molar-refractivity contribution in [3.8, 4) is 0 Å². The molecule has 2 aromatic rings. The third-order valence-electron chi connectivity index (χ3n) is 6.70. The lowest BCUT2D eigenvalue weighted by atomic mass is 10.1. The van der Waals surface area contributed by atoms with E-state index in [1.807, 2.05) is 10.7 Å². The van der Waals surface area contributed by atoms with Gasteiger partial charge in [0, 0.05) is 57.1 Å². The zero-order valence-electron chi connectivity index (χ0n) is 19.1. The van der Waals surface area contributed by atoms with Gasteiger partial charge >= 0.3 is 0 Å². The molecule has 2 fully saturated rings. The van der Waals surface area contributed by atoms with Gasteiger partial charge in [0.05, 0.1) is 18.1 Å². The second kappa shape index (κ2) is 9.47. The molecule has 0 unspecified atom stereocenters. The Morgan fingerprint density at radius 1 is 0.824 bits per heavy atom. The third-order valence-corrected chi connectivity index (χ3v) is 8.61. The van der Waals surface area contributed by atoms with Crippen LogP contribution in [-0.4, -0.2) is 96.6 Å². The normalized spacial score (nSPS) is 19.6. The van der Waals surface area contributed by atoms with Crippen molar-refractivity contribution < 1.29 is 22.7 Å². The number of ether oxygens (including phenoxy) is 1. The van der Waals surface area contributed by atoms with Gasteiger partial charge in [0.25, 0.3) is 11.8 Å². The molecule has 2 amide bonds. The van der Waals surface area contributed by atoms with Crippen molar-refractivity contribution in [2.75, 3.05) is 52.5 Å². The topological polar surface area (TPSA) is 105 Å². The number of piperazine rings is 1. The number of aryl methyl sites for hydroxylation is 2. The van der Waals surface area contributed by atoms with Gasteiger partial charge in [-0.15, -0.1) is 0 Å². The molecule has 182 valence electrons. The van der Waals surface area contributed by atoms with Crippen LogP contribution in [0.1, 0.15) is 39.4 Å². The van der Waals surface area contributed by atoms with E-state index in [9.17, 15) is 18.0 Å². The van der Waals surface area contributed by atoms with E-state index in [1.54, 1.807) is 21.9 Å². The Balaban J connectivity index is 1.19. The molecule has 0 aliphatic carbocycles. The molecule has 2 saturated heterocycles. The van der Waals surface area contributed by atoms with Crippen LogP contribution in [0.5, 0.6) is 0 Å². The van der Waals surface area contributed by atoms with E-state index >= 15 is 0 Å². The Morgan fingerprint density at radius 2 is 1.47 bits per heavy atom. The van der Waals surface area contributed by atoms with Crippen LogP contribution >= 0.6 is 0 Å². The van der Waals surface area contributed by atoms with Crippen LogP contribution in [0.4, 0.5) is 0 Å². The van der Waals surface area contributed by atoms with Crippen molar-refractivity contribution in [1.29, 1.82) is 0 Å². The summed E-state index contributed by atoms with van der Waals surface area (Å²) >= 11 is 0. The van der Waals surface area contributed by atoms with Gasteiger partial charge in [-0.1, -0.05) is 0 Å². The Hall–Kier alpha value is -2.76. The molecule has 3 aliphatic heterocycles. The standard InChI is InChI=1S/C23H29N5O5S/c29-22(18-4-6-20(7-5-18)34(31,32)27-13-15-33-16-14-27)25-9-11-26(12-10-25)23(30)21-17-19-3-1-2-8-28(19)24-21/h4-7,17H,1-3,8-16H2. The summed E-state index contributed by atoms with van der Waals surface area (Å²) in [6.45, 7) is 4.00. The van der Waals surface area contributed by atoms with Crippen LogP contribution in [-0.2, 0) is 27.7 Å². The Kier molecular flexibility index (Phi) is 6.41. The fourth-order valence-corrected chi connectivity index (χ4v) is 6.09. The lowest BCUT2D eigenvalue weighted by Crippen LogP contribution is -2.50. The summed E-state index contributed by atoms with van der Waals surface area (Å²) in [6, 6.07) is 7.98. The molecule has 3 aliphatic rings. The number of benzene rings is 1. The number of aromatic nitrogens is 2. The van der Waals surface area contributed by atoms with Crippen LogP contribution in [0.15, 0.2) is 35.2 Å². The predicted molar refractivity (Wildman–Crippen MR) is 123 cm³/mol. The summed E-state index contributed by atoms with van der Waals surface area (Å²) in [6.07, 6.45) is 3.17. The monoisotopic (exact) mass is 487 g/mol. The minimum Gasteiger partial charge on any atom is -0.379 e. The van der Waals surface area contributed by atoms with Crippen LogP contribution in [0.3, 0.4) is 0 Å². The van der Waals surface area contributed by atoms with Gasteiger partial charge in [0.2, 0.25) is 10.0 Å². The molecule has 5 rings (SSSR count). The van der Waals surface area contributed by atoms with Gasteiger partial charge in [-0.2, -0.15) is 9.40 Å². The highest BCUT2D eigenvalue weighted by Crippen LogP contribution is 2.20. The van der Waals surface area contributed by atoms with Crippen LogP contribution in [0, 0.1) is 0 Å². The average Bonchev–Trinajstić information content (AvgIpc) is 3.33. The highest BCUT2D eigenvalue weighted by atomic mass is 32.2. The van der Waals surface area contributed by atoms with Gasteiger partial charge in [0.15, 0.2) is 5.69 Å². The molecule has 0 atom stereocenters. The summed E-state index contributed by atoms with van der Waals surface area (Å²) in [4.78, 5) is 29.5. The Labute approximate surface area is 199 Å². The number of fused-ring (bicyclic) bond motifs is 1.